The largest absolute Gasteiger partial charge is 0.379 e. The predicted molar refractivity (Wildman–Crippen MR) is 143 cm³/mol. The molecule has 2 N–H and O–H groups in total. The highest BCUT2D eigenvalue weighted by molar-refractivity contribution is 6.05. The zero-order valence-corrected chi connectivity index (χ0v) is 20.2. The molecule has 184 valence electrons. The Bertz CT molecular complexity index is 1430. The predicted octanol–water partition coefficient (Wildman–Crippen LogP) is 3.60. The molecule has 36 heavy (non-hydrogen) atoms. The van der Waals surface area contributed by atoms with Crippen molar-refractivity contribution in [2.75, 3.05) is 50.0 Å². The number of nitrogens with one attached hydrogen (secondary N) is 2. The Hall–Kier alpha value is -4.01. The molecule has 1 amide bonds. The average Bonchev–Trinajstić information content (AvgIpc) is 2.93. The first-order chi connectivity index (χ1) is 17.6. The van der Waals surface area contributed by atoms with E-state index in [0.717, 1.165) is 61.4 Å². The quantitative estimate of drug-likeness (QED) is 0.418. The fourth-order valence-corrected chi connectivity index (χ4v) is 4.38. The van der Waals surface area contributed by atoms with E-state index in [0.29, 0.717) is 11.4 Å². The van der Waals surface area contributed by atoms with Crippen LogP contribution < -0.4 is 16.2 Å². The molecule has 1 fully saturated rings. The second-order valence-electron chi connectivity index (χ2n) is 8.83. The molecule has 0 spiro atoms. The van der Waals surface area contributed by atoms with E-state index in [2.05, 4.69) is 20.5 Å². The van der Waals surface area contributed by atoms with E-state index < -0.39 is 0 Å². The average molecular weight is 484 g/mol. The molecule has 0 atom stereocenters. The maximum Gasteiger partial charge on any atom is 0.274 e. The second kappa shape index (κ2) is 10.7. The lowest BCUT2D eigenvalue weighted by molar-refractivity contribution is 0.0398. The number of nitrogens with zero attached hydrogens (tertiary/aromatic N) is 3. The van der Waals surface area contributed by atoms with Crippen LogP contribution in [0.4, 0.5) is 11.5 Å². The number of hydrogen-bond acceptors (Lipinski definition) is 6. The highest BCUT2D eigenvalue weighted by atomic mass is 16.5. The number of morpholine rings is 1. The maximum atomic E-state index is 13.1. The third kappa shape index (κ3) is 5.30. The van der Waals surface area contributed by atoms with Crippen molar-refractivity contribution in [1.29, 1.82) is 0 Å². The van der Waals surface area contributed by atoms with Crippen LogP contribution in [0.25, 0.3) is 22.0 Å². The first kappa shape index (κ1) is 23.7. The van der Waals surface area contributed by atoms with Crippen molar-refractivity contribution in [3.05, 3.63) is 88.8 Å². The van der Waals surface area contributed by atoms with Crippen molar-refractivity contribution in [1.82, 2.24) is 14.5 Å². The van der Waals surface area contributed by atoms with Crippen LogP contribution in [-0.4, -0.2) is 59.8 Å². The standard InChI is InChI=1S/C28H29N5O3/c1-32-25-18-26(29-10-11-33-12-14-36-15-13-33)30-19-23(25)17-24(28(32)35)31-27(34)22-9-5-8-21(16-22)20-6-3-2-4-7-20/h2-9,16-19H,10-15H2,1H3,(H,29,30)(H,31,34). The molecule has 0 aliphatic carbocycles. The van der Waals surface area contributed by atoms with Crippen LogP contribution in [0.1, 0.15) is 10.4 Å². The van der Waals surface area contributed by atoms with Gasteiger partial charge in [-0.05, 0) is 29.3 Å². The Kier molecular flexibility index (Phi) is 7.06. The highest BCUT2D eigenvalue weighted by Gasteiger charge is 2.14. The second-order valence-corrected chi connectivity index (χ2v) is 8.83. The van der Waals surface area contributed by atoms with Crippen molar-refractivity contribution < 1.29 is 9.53 Å². The summed E-state index contributed by atoms with van der Waals surface area (Å²) >= 11 is 0. The van der Waals surface area contributed by atoms with Crippen molar-refractivity contribution in [2.45, 2.75) is 0 Å². The number of amides is 1. The number of aromatic nitrogens is 2. The smallest absolute Gasteiger partial charge is 0.274 e. The summed E-state index contributed by atoms with van der Waals surface area (Å²) in [5, 5.41) is 6.90. The summed E-state index contributed by atoms with van der Waals surface area (Å²) in [7, 11) is 1.70. The summed E-state index contributed by atoms with van der Waals surface area (Å²) in [4.78, 5) is 32.9. The molecule has 3 heterocycles. The molecular weight excluding hydrogens is 454 g/mol. The molecule has 5 rings (SSSR count). The van der Waals surface area contributed by atoms with E-state index in [1.165, 1.54) is 0 Å². The molecular formula is C28H29N5O3. The Morgan fingerprint density at radius 2 is 1.78 bits per heavy atom. The first-order valence-corrected chi connectivity index (χ1v) is 12.1. The molecule has 2 aromatic carbocycles. The fraction of sp³-hybridized carbons (Fsp3) is 0.250. The minimum absolute atomic E-state index is 0.218. The van der Waals surface area contributed by atoms with Crippen molar-refractivity contribution >= 4 is 28.3 Å². The van der Waals surface area contributed by atoms with Gasteiger partial charge in [-0.2, -0.15) is 0 Å². The Balaban J connectivity index is 1.31. The van der Waals surface area contributed by atoms with Gasteiger partial charge in [0.1, 0.15) is 11.5 Å². The van der Waals surface area contributed by atoms with Gasteiger partial charge < -0.3 is 19.9 Å². The van der Waals surface area contributed by atoms with Gasteiger partial charge in [-0.3, -0.25) is 14.5 Å². The van der Waals surface area contributed by atoms with Crippen LogP contribution in [0.15, 0.2) is 77.7 Å². The van der Waals surface area contributed by atoms with Gasteiger partial charge in [0.05, 0.1) is 18.7 Å². The van der Waals surface area contributed by atoms with E-state index in [1.54, 1.807) is 29.9 Å². The van der Waals surface area contributed by atoms with Crippen LogP contribution in [0.2, 0.25) is 0 Å². The summed E-state index contributed by atoms with van der Waals surface area (Å²) in [5.41, 5.74) is 3.13. The zero-order chi connectivity index (χ0) is 24.9. The van der Waals surface area contributed by atoms with Gasteiger partial charge in [0.15, 0.2) is 0 Å². The number of carbonyl (C=O) groups is 1. The van der Waals surface area contributed by atoms with Gasteiger partial charge in [0.25, 0.3) is 11.5 Å². The lowest BCUT2D eigenvalue weighted by Crippen LogP contribution is -2.39. The molecule has 0 unspecified atom stereocenters. The van der Waals surface area contributed by atoms with E-state index in [1.807, 2.05) is 54.6 Å². The summed E-state index contributed by atoms with van der Waals surface area (Å²) in [6.07, 6.45) is 1.72. The van der Waals surface area contributed by atoms with Crippen molar-refractivity contribution in [2.24, 2.45) is 7.05 Å². The van der Waals surface area contributed by atoms with E-state index >= 15 is 0 Å². The van der Waals surface area contributed by atoms with E-state index in [-0.39, 0.29) is 17.2 Å². The third-order valence-electron chi connectivity index (χ3n) is 6.43. The molecule has 8 heteroatoms. The number of hydrogen-bond donors (Lipinski definition) is 2. The van der Waals surface area contributed by atoms with Gasteiger partial charge in [0, 0.05) is 56.4 Å². The van der Waals surface area contributed by atoms with Gasteiger partial charge in [0.2, 0.25) is 0 Å². The Morgan fingerprint density at radius 1 is 1.00 bits per heavy atom. The molecule has 1 aliphatic rings. The number of anilines is 2. The lowest BCUT2D eigenvalue weighted by atomic mass is 10.0. The molecule has 0 bridgehead atoms. The number of pyridine rings is 2. The van der Waals surface area contributed by atoms with Crippen LogP contribution in [-0.2, 0) is 11.8 Å². The summed E-state index contributed by atoms with van der Waals surface area (Å²) < 4.78 is 6.93. The molecule has 0 radical (unpaired) electrons. The molecule has 1 saturated heterocycles. The SMILES string of the molecule is Cn1c(=O)c(NC(=O)c2cccc(-c3ccccc3)c2)cc2cnc(NCCN3CCOCC3)cc21. The Labute approximate surface area is 209 Å². The number of ether oxygens (including phenoxy) is 1. The minimum Gasteiger partial charge on any atom is -0.379 e. The fourth-order valence-electron chi connectivity index (χ4n) is 4.38. The van der Waals surface area contributed by atoms with Gasteiger partial charge in [-0.15, -0.1) is 0 Å². The van der Waals surface area contributed by atoms with Crippen LogP contribution >= 0.6 is 0 Å². The molecule has 1 aliphatic heterocycles. The van der Waals surface area contributed by atoms with Gasteiger partial charge in [-0.1, -0.05) is 42.5 Å². The van der Waals surface area contributed by atoms with Crippen LogP contribution in [0, 0.1) is 0 Å². The topological polar surface area (TPSA) is 88.5 Å². The molecule has 0 saturated carbocycles. The molecule has 4 aromatic rings. The maximum absolute atomic E-state index is 13.1. The van der Waals surface area contributed by atoms with Crippen molar-refractivity contribution in [3.8, 4) is 11.1 Å². The number of benzene rings is 2. The van der Waals surface area contributed by atoms with E-state index in [9.17, 15) is 9.59 Å². The molecule has 2 aromatic heterocycles. The zero-order valence-electron chi connectivity index (χ0n) is 20.2. The number of fused-ring (bicyclic) bond motifs is 1. The lowest BCUT2D eigenvalue weighted by Gasteiger charge is -2.26. The normalized spacial score (nSPS) is 14.0. The first-order valence-electron chi connectivity index (χ1n) is 12.1. The number of carbonyl (C=O) groups excluding carboxylic acids is 1. The minimum atomic E-state index is -0.335. The Morgan fingerprint density at radius 3 is 2.58 bits per heavy atom. The summed E-state index contributed by atoms with van der Waals surface area (Å²) in [6, 6.07) is 20.8. The summed E-state index contributed by atoms with van der Waals surface area (Å²) in [5.74, 6) is 0.374. The van der Waals surface area contributed by atoms with Crippen molar-refractivity contribution in [3.63, 3.8) is 0 Å². The van der Waals surface area contributed by atoms with E-state index in [4.69, 9.17) is 4.74 Å². The number of aryl methyl sites for hydroxylation is 1. The number of rotatable bonds is 7. The molecule has 8 nitrogen and oxygen atoms in total. The highest BCUT2D eigenvalue weighted by Crippen LogP contribution is 2.21. The third-order valence-corrected chi connectivity index (χ3v) is 6.43. The summed E-state index contributed by atoms with van der Waals surface area (Å²) in [6.45, 7) is 5.07. The van der Waals surface area contributed by atoms with Crippen LogP contribution in [0.3, 0.4) is 0 Å². The van der Waals surface area contributed by atoms with Gasteiger partial charge in [-0.25, -0.2) is 4.98 Å². The monoisotopic (exact) mass is 483 g/mol. The van der Waals surface area contributed by atoms with Gasteiger partial charge >= 0.3 is 0 Å². The van der Waals surface area contributed by atoms with Crippen LogP contribution in [0.5, 0.6) is 0 Å².